The highest BCUT2D eigenvalue weighted by Gasteiger charge is 2.36. The van der Waals surface area contributed by atoms with Crippen LogP contribution in [0.2, 0.25) is 5.28 Å². The second-order valence-corrected chi connectivity index (χ2v) is 7.70. The summed E-state index contributed by atoms with van der Waals surface area (Å²) in [7, 11) is 3.60. The lowest BCUT2D eigenvalue weighted by molar-refractivity contribution is -0.126. The van der Waals surface area contributed by atoms with Gasteiger partial charge in [0.2, 0.25) is 5.28 Å². The molecule has 0 amide bonds. The second-order valence-electron chi connectivity index (χ2n) is 6.24. The van der Waals surface area contributed by atoms with Crippen LogP contribution in [0, 0.1) is 0 Å². The number of hydrogen-bond donors (Lipinski definition) is 2. The van der Waals surface area contributed by atoms with E-state index in [2.05, 4.69) is 15.3 Å². The minimum atomic E-state index is -4.29. The van der Waals surface area contributed by atoms with Crippen LogP contribution in [0.4, 0.5) is 19.0 Å². The molecule has 3 rings (SSSR count). The molecule has 1 fully saturated rings. The number of nitrogens with zero attached hydrogens (tertiary/aromatic N) is 3. The average Bonchev–Trinajstić information content (AvgIpc) is 3.06. The van der Waals surface area contributed by atoms with Crippen LogP contribution in [0.3, 0.4) is 0 Å². The van der Waals surface area contributed by atoms with Crippen molar-refractivity contribution in [1.82, 2.24) is 15.3 Å². The van der Waals surface area contributed by atoms with Crippen LogP contribution < -0.4 is 10.2 Å². The maximum absolute atomic E-state index is 12.7. The number of thiophene rings is 1. The molecule has 0 saturated heterocycles. The van der Waals surface area contributed by atoms with Gasteiger partial charge in [-0.05, 0) is 37.6 Å². The first-order valence-corrected chi connectivity index (χ1v) is 8.98. The molecular weight excluding hydrogens is 377 g/mol. The van der Waals surface area contributed by atoms with Gasteiger partial charge in [-0.15, -0.1) is 11.3 Å². The van der Waals surface area contributed by atoms with E-state index >= 15 is 0 Å². The number of aliphatic hydroxyl groups excluding tert-OH is 1. The molecule has 0 aliphatic heterocycles. The Morgan fingerprint density at radius 1 is 1.40 bits per heavy atom. The van der Waals surface area contributed by atoms with Gasteiger partial charge < -0.3 is 15.3 Å². The van der Waals surface area contributed by atoms with Gasteiger partial charge in [0.05, 0.1) is 24.0 Å². The Hall–Kier alpha value is -1.16. The Balaban J connectivity index is 1.97. The second kappa shape index (κ2) is 6.86. The van der Waals surface area contributed by atoms with E-state index in [1.165, 1.54) is 6.07 Å². The highest BCUT2D eigenvalue weighted by Crippen LogP contribution is 2.37. The molecule has 2 N–H and O–H groups in total. The van der Waals surface area contributed by atoms with E-state index in [9.17, 15) is 18.3 Å². The quantitative estimate of drug-likeness (QED) is 0.781. The summed E-state index contributed by atoms with van der Waals surface area (Å²) in [4.78, 5) is 10.6. The van der Waals surface area contributed by atoms with Crippen molar-refractivity contribution in [2.75, 3.05) is 19.0 Å². The zero-order valence-corrected chi connectivity index (χ0v) is 15.2. The number of nitrogens with one attached hydrogen (secondary N) is 1. The highest BCUT2D eigenvalue weighted by atomic mass is 35.5. The summed E-state index contributed by atoms with van der Waals surface area (Å²) < 4.78 is 38.0. The zero-order valence-electron chi connectivity index (χ0n) is 13.6. The molecule has 138 valence electrons. The fraction of sp³-hybridized carbons (Fsp3) is 0.600. The summed E-state index contributed by atoms with van der Waals surface area (Å²) in [5.74, 6) is 0.445. The van der Waals surface area contributed by atoms with Crippen LogP contribution >= 0.6 is 22.9 Å². The summed E-state index contributed by atoms with van der Waals surface area (Å²) in [5.41, 5.74) is 0. The zero-order chi connectivity index (χ0) is 18.4. The van der Waals surface area contributed by atoms with Gasteiger partial charge in [-0.3, -0.25) is 0 Å². The molecule has 2 heterocycles. The Morgan fingerprint density at radius 2 is 2.12 bits per heavy atom. The van der Waals surface area contributed by atoms with Gasteiger partial charge in [-0.1, -0.05) is 0 Å². The van der Waals surface area contributed by atoms with Crippen LogP contribution in [0.5, 0.6) is 0 Å². The van der Waals surface area contributed by atoms with Gasteiger partial charge in [-0.25, -0.2) is 4.98 Å². The highest BCUT2D eigenvalue weighted by molar-refractivity contribution is 7.18. The molecule has 2 aromatic rings. The van der Waals surface area contributed by atoms with Crippen molar-refractivity contribution in [1.29, 1.82) is 0 Å². The Labute approximate surface area is 151 Å². The molecular formula is C15H18ClF3N4OS. The maximum atomic E-state index is 12.7. The van der Waals surface area contributed by atoms with Crippen molar-refractivity contribution in [3.05, 3.63) is 16.2 Å². The van der Waals surface area contributed by atoms with E-state index in [1.54, 1.807) is 11.9 Å². The van der Waals surface area contributed by atoms with Crippen molar-refractivity contribution in [3.63, 3.8) is 0 Å². The number of hydrogen-bond acceptors (Lipinski definition) is 6. The van der Waals surface area contributed by atoms with Crippen LogP contribution in [0.15, 0.2) is 6.07 Å². The van der Waals surface area contributed by atoms with Gasteiger partial charge in [0, 0.05) is 18.0 Å². The minimum absolute atomic E-state index is 0.0209. The lowest BCUT2D eigenvalue weighted by atomic mass is 10.1. The van der Waals surface area contributed by atoms with E-state index in [0.29, 0.717) is 28.9 Å². The molecule has 10 heteroatoms. The van der Waals surface area contributed by atoms with Gasteiger partial charge >= 0.3 is 6.18 Å². The number of fused-ring (bicyclic) bond motifs is 1. The molecule has 1 saturated carbocycles. The molecule has 1 aliphatic rings. The maximum Gasteiger partial charge on any atom is 0.393 e. The number of aliphatic hydroxyl groups is 1. The first kappa shape index (κ1) is 18.6. The largest absolute Gasteiger partial charge is 0.393 e. The molecule has 0 radical (unpaired) electrons. The third-order valence-corrected chi connectivity index (χ3v) is 5.70. The fourth-order valence-corrected chi connectivity index (χ4v) is 4.55. The van der Waals surface area contributed by atoms with Gasteiger partial charge in [0.15, 0.2) is 0 Å². The fourth-order valence-electron chi connectivity index (χ4n) is 3.29. The van der Waals surface area contributed by atoms with Crippen molar-refractivity contribution >= 4 is 39.0 Å². The minimum Gasteiger partial charge on any atom is -0.391 e. The van der Waals surface area contributed by atoms with E-state index in [-0.39, 0.29) is 22.2 Å². The Kier molecular flexibility index (Phi) is 5.11. The lowest BCUT2D eigenvalue weighted by Gasteiger charge is -2.28. The molecule has 0 spiro atoms. The third-order valence-electron chi connectivity index (χ3n) is 4.51. The molecule has 0 unspecified atom stereocenters. The standard InChI is InChI=1S/C15H18ClF3N4OS/c1-20-7-3-10(11(24)4-7)23(2)12-9-5-8(6-15(17,18)19)25-13(9)22-14(16)21-12/h5,7,10-11,20,24H,3-4,6H2,1-2H3/t7-,10+,11-/m1/s1. The van der Waals surface area contributed by atoms with E-state index in [1.807, 2.05) is 7.05 Å². The van der Waals surface area contributed by atoms with Crippen molar-refractivity contribution < 1.29 is 18.3 Å². The number of alkyl halides is 3. The number of halogens is 4. The Morgan fingerprint density at radius 3 is 2.72 bits per heavy atom. The molecule has 1 aliphatic carbocycles. The van der Waals surface area contributed by atoms with Crippen molar-refractivity contribution in [2.24, 2.45) is 0 Å². The van der Waals surface area contributed by atoms with Crippen molar-refractivity contribution in [3.8, 4) is 0 Å². The normalized spacial score (nSPS) is 24.2. The van der Waals surface area contributed by atoms with Gasteiger partial charge in [-0.2, -0.15) is 18.2 Å². The monoisotopic (exact) mass is 394 g/mol. The lowest BCUT2D eigenvalue weighted by Crippen LogP contribution is -2.38. The van der Waals surface area contributed by atoms with E-state index < -0.39 is 18.7 Å². The molecule has 0 aromatic carbocycles. The first-order valence-electron chi connectivity index (χ1n) is 7.79. The smallest absolute Gasteiger partial charge is 0.391 e. The van der Waals surface area contributed by atoms with Crippen LogP contribution in [0.25, 0.3) is 10.2 Å². The van der Waals surface area contributed by atoms with Gasteiger partial charge in [0.1, 0.15) is 10.6 Å². The van der Waals surface area contributed by atoms with Crippen LogP contribution in [-0.2, 0) is 6.42 Å². The summed E-state index contributed by atoms with van der Waals surface area (Å²) >= 11 is 6.93. The average molecular weight is 395 g/mol. The predicted octanol–water partition coefficient (Wildman–Crippen LogP) is 3.00. The van der Waals surface area contributed by atoms with E-state index in [4.69, 9.17) is 11.6 Å². The predicted molar refractivity (Wildman–Crippen MR) is 92.5 cm³/mol. The SMILES string of the molecule is CN[C@H]1C[C@@H](O)[C@@H](N(C)c2nc(Cl)nc3sc(CC(F)(F)F)cc23)C1. The van der Waals surface area contributed by atoms with Crippen molar-refractivity contribution in [2.45, 2.75) is 43.6 Å². The third kappa shape index (κ3) is 3.99. The summed E-state index contributed by atoms with van der Waals surface area (Å²) in [6.07, 6.45) is -4.54. The first-order chi connectivity index (χ1) is 11.7. The van der Waals surface area contributed by atoms with Gasteiger partial charge in [0.25, 0.3) is 0 Å². The number of anilines is 1. The van der Waals surface area contributed by atoms with Crippen LogP contribution in [0.1, 0.15) is 17.7 Å². The molecule has 2 aromatic heterocycles. The molecule has 25 heavy (non-hydrogen) atoms. The topological polar surface area (TPSA) is 61.3 Å². The van der Waals surface area contributed by atoms with Crippen LogP contribution in [-0.4, -0.2) is 53.5 Å². The molecule has 3 atom stereocenters. The summed E-state index contributed by atoms with van der Waals surface area (Å²) in [6, 6.07) is 1.45. The molecule has 0 bridgehead atoms. The molecule has 5 nitrogen and oxygen atoms in total. The summed E-state index contributed by atoms with van der Waals surface area (Å²) in [6.45, 7) is 0. The summed E-state index contributed by atoms with van der Waals surface area (Å²) in [5, 5.41) is 14.0. The Bertz CT molecular complexity index is 769. The number of rotatable bonds is 4. The number of likely N-dealkylation sites (N-methyl/N-ethyl adjacent to an activating group) is 1. The van der Waals surface area contributed by atoms with E-state index in [0.717, 1.165) is 11.3 Å². The number of aromatic nitrogens is 2.